The van der Waals surface area contributed by atoms with Crippen molar-refractivity contribution in [2.24, 2.45) is 5.73 Å². The van der Waals surface area contributed by atoms with Gasteiger partial charge in [-0.15, -0.1) is 0 Å². The van der Waals surface area contributed by atoms with E-state index in [4.69, 9.17) is 5.73 Å². The number of benzene rings is 1. The molecule has 0 saturated carbocycles. The SMILES string of the molecule is CCN1CCCc2ccc(CCCN)cc21. The molecule has 0 amide bonds. The van der Waals surface area contributed by atoms with Crippen LogP contribution in [0.1, 0.15) is 30.9 Å². The molecule has 0 atom stereocenters. The van der Waals surface area contributed by atoms with Gasteiger partial charge in [0.2, 0.25) is 0 Å². The van der Waals surface area contributed by atoms with Gasteiger partial charge in [0.05, 0.1) is 0 Å². The summed E-state index contributed by atoms with van der Waals surface area (Å²) in [6.45, 7) is 5.35. The number of hydrogen-bond acceptors (Lipinski definition) is 2. The van der Waals surface area contributed by atoms with E-state index < -0.39 is 0 Å². The molecule has 1 aromatic rings. The van der Waals surface area contributed by atoms with Crippen LogP contribution in [0.2, 0.25) is 0 Å². The van der Waals surface area contributed by atoms with Crippen molar-refractivity contribution in [1.29, 1.82) is 0 Å². The van der Waals surface area contributed by atoms with Crippen LogP contribution < -0.4 is 10.6 Å². The normalized spacial score (nSPS) is 15.0. The fourth-order valence-electron chi connectivity index (χ4n) is 2.49. The molecule has 0 aliphatic carbocycles. The van der Waals surface area contributed by atoms with Crippen LogP contribution in [0.25, 0.3) is 0 Å². The van der Waals surface area contributed by atoms with Crippen LogP contribution in [0.4, 0.5) is 5.69 Å². The van der Waals surface area contributed by atoms with Crippen molar-refractivity contribution in [3.05, 3.63) is 29.3 Å². The molecule has 2 N–H and O–H groups in total. The molecule has 0 bridgehead atoms. The summed E-state index contributed by atoms with van der Waals surface area (Å²) in [7, 11) is 0. The Kier molecular flexibility index (Phi) is 3.83. The van der Waals surface area contributed by atoms with Gasteiger partial charge in [-0.1, -0.05) is 12.1 Å². The van der Waals surface area contributed by atoms with Crippen molar-refractivity contribution in [3.8, 4) is 0 Å². The quantitative estimate of drug-likeness (QED) is 0.840. The minimum absolute atomic E-state index is 0.786. The molecule has 1 aliphatic rings. The van der Waals surface area contributed by atoms with E-state index in [0.29, 0.717) is 0 Å². The molecule has 1 aliphatic heterocycles. The lowest BCUT2D eigenvalue weighted by Gasteiger charge is -2.30. The molecule has 0 spiro atoms. The topological polar surface area (TPSA) is 29.3 Å². The van der Waals surface area contributed by atoms with Crippen molar-refractivity contribution in [2.45, 2.75) is 32.6 Å². The molecule has 88 valence electrons. The molecule has 2 nitrogen and oxygen atoms in total. The Bertz CT molecular complexity index is 347. The number of hydrogen-bond donors (Lipinski definition) is 1. The maximum Gasteiger partial charge on any atom is 0.0401 e. The first kappa shape index (κ1) is 11.5. The molecular weight excluding hydrogens is 196 g/mol. The standard InChI is InChI=1S/C14H22N2/c1-2-16-10-4-6-13-8-7-12(5-3-9-15)11-14(13)16/h7-8,11H,2-6,9-10,15H2,1H3. The largest absolute Gasteiger partial charge is 0.372 e. The van der Waals surface area contributed by atoms with Gasteiger partial charge in [0.1, 0.15) is 0 Å². The second-order valence-electron chi connectivity index (χ2n) is 4.54. The molecule has 0 aromatic heterocycles. The van der Waals surface area contributed by atoms with E-state index in [2.05, 4.69) is 30.0 Å². The van der Waals surface area contributed by atoms with E-state index in [0.717, 1.165) is 25.9 Å². The van der Waals surface area contributed by atoms with Crippen LogP contribution in [0.3, 0.4) is 0 Å². The summed E-state index contributed by atoms with van der Waals surface area (Å²) in [5, 5.41) is 0. The van der Waals surface area contributed by atoms with Crippen LogP contribution in [-0.2, 0) is 12.8 Å². The summed E-state index contributed by atoms with van der Waals surface area (Å²) in [5.74, 6) is 0. The average Bonchev–Trinajstić information content (AvgIpc) is 2.35. The fourth-order valence-corrected chi connectivity index (χ4v) is 2.49. The third-order valence-electron chi connectivity index (χ3n) is 3.42. The first-order chi connectivity index (χ1) is 7.85. The minimum atomic E-state index is 0.786. The van der Waals surface area contributed by atoms with Crippen molar-refractivity contribution < 1.29 is 0 Å². The molecule has 16 heavy (non-hydrogen) atoms. The Morgan fingerprint density at radius 1 is 1.38 bits per heavy atom. The third-order valence-corrected chi connectivity index (χ3v) is 3.42. The van der Waals surface area contributed by atoms with Crippen LogP contribution in [0.5, 0.6) is 0 Å². The van der Waals surface area contributed by atoms with Gasteiger partial charge < -0.3 is 10.6 Å². The number of aryl methyl sites for hydroxylation is 2. The molecule has 0 saturated heterocycles. The Balaban J connectivity index is 2.20. The average molecular weight is 218 g/mol. The van der Waals surface area contributed by atoms with Crippen molar-refractivity contribution in [2.75, 3.05) is 24.5 Å². The number of anilines is 1. The minimum Gasteiger partial charge on any atom is -0.372 e. The fraction of sp³-hybridized carbons (Fsp3) is 0.571. The van der Waals surface area contributed by atoms with E-state index in [1.807, 2.05) is 0 Å². The zero-order valence-corrected chi connectivity index (χ0v) is 10.2. The predicted molar refractivity (Wildman–Crippen MR) is 70.0 cm³/mol. The van der Waals surface area contributed by atoms with Gasteiger partial charge in [-0.2, -0.15) is 0 Å². The highest BCUT2D eigenvalue weighted by molar-refractivity contribution is 5.57. The molecular formula is C14H22N2. The van der Waals surface area contributed by atoms with Gasteiger partial charge in [-0.3, -0.25) is 0 Å². The lowest BCUT2D eigenvalue weighted by Crippen LogP contribution is -2.29. The van der Waals surface area contributed by atoms with Gasteiger partial charge in [0.15, 0.2) is 0 Å². The van der Waals surface area contributed by atoms with Crippen molar-refractivity contribution in [1.82, 2.24) is 0 Å². The zero-order chi connectivity index (χ0) is 11.4. The Hall–Kier alpha value is -1.02. The summed E-state index contributed by atoms with van der Waals surface area (Å²) < 4.78 is 0. The smallest absolute Gasteiger partial charge is 0.0401 e. The lowest BCUT2D eigenvalue weighted by atomic mass is 9.98. The predicted octanol–water partition coefficient (Wildman–Crippen LogP) is 2.35. The van der Waals surface area contributed by atoms with Crippen molar-refractivity contribution >= 4 is 5.69 Å². The van der Waals surface area contributed by atoms with Crippen LogP contribution in [0.15, 0.2) is 18.2 Å². The summed E-state index contributed by atoms with van der Waals surface area (Å²) in [5.41, 5.74) is 9.97. The van der Waals surface area contributed by atoms with E-state index >= 15 is 0 Å². The summed E-state index contributed by atoms with van der Waals surface area (Å²) in [6.07, 6.45) is 4.73. The van der Waals surface area contributed by atoms with Gasteiger partial charge in [0, 0.05) is 18.8 Å². The molecule has 0 unspecified atom stereocenters. The van der Waals surface area contributed by atoms with E-state index in [1.165, 1.54) is 36.2 Å². The van der Waals surface area contributed by atoms with Gasteiger partial charge in [-0.25, -0.2) is 0 Å². The maximum absolute atomic E-state index is 5.56. The molecule has 0 fully saturated rings. The van der Waals surface area contributed by atoms with Gasteiger partial charge in [-0.05, 0) is 56.3 Å². The van der Waals surface area contributed by atoms with E-state index in [1.54, 1.807) is 0 Å². The molecule has 2 rings (SSSR count). The second-order valence-corrected chi connectivity index (χ2v) is 4.54. The van der Waals surface area contributed by atoms with Crippen LogP contribution in [-0.4, -0.2) is 19.6 Å². The maximum atomic E-state index is 5.56. The monoisotopic (exact) mass is 218 g/mol. The van der Waals surface area contributed by atoms with Crippen molar-refractivity contribution in [3.63, 3.8) is 0 Å². The molecule has 1 heterocycles. The first-order valence-electron chi connectivity index (χ1n) is 6.42. The van der Waals surface area contributed by atoms with Crippen LogP contribution >= 0.6 is 0 Å². The second kappa shape index (κ2) is 5.35. The lowest BCUT2D eigenvalue weighted by molar-refractivity contribution is 0.705. The molecule has 1 aromatic carbocycles. The highest BCUT2D eigenvalue weighted by atomic mass is 15.1. The Morgan fingerprint density at radius 3 is 3.00 bits per heavy atom. The molecule has 2 heteroatoms. The highest BCUT2D eigenvalue weighted by Gasteiger charge is 2.15. The third kappa shape index (κ3) is 2.38. The number of fused-ring (bicyclic) bond motifs is 1. The van der Waals surface area contributed by atoms with Gasteiger partial charge >= 0.3 is 0 Å². The summed E-state index contributed by atoms with van der Waals surface area (Å²) >= 11 is 0. The number of rotatable bonds is 4. The Labute approximate surface area is 98.4 Å². The van der Waals surface area contributed by atoms with Crippen LogP contribution in [0, 0.1) is 0 Å². The summed E-state index contributed by atoms with van der Waals surface area (Å²) in [4.78, 5) is 2.49. The number of nitrogens with zero attached hydrogens (tertiary/aromatic N) is 1. The van der Waals surface area contributed by atoms with Gasteiger partial charge in [0.25, 0.3) is 0 Å². The number of nitrogens with two attached hydrogens (primary N) is 1. The Morgan fingerprint density at radius 2 is 2.25 bits per heavy atom. The summed E-state index contributed by atoms with van der Waals surface area (Å²) in [6, 6.07) is 6.95. The molecule has 0 radical (unpaired) electrons. The van der Waals surface area contributed by atoms with E-state index in [-0.39, 0.29) is 0 Å². The zero-order valence-electron chi connectivity index (χ0n) is 10.2. The van der Waals surface area contributed by atoms with E-state index in [9.17, 15) is 0 Å². The first-order valence-corrected chi connectivity index (χ1v) is 6.42. The highest BCUT2D eigenvalue weighted by Crippen LogP contribution is 2.28.